The monoisotopic (exact) mass is 187 g/mol. The van der Waals surface area contributed by atoms with Gasteiger partial charge in [-0.2, -0.15) is 0 Å². The van der Waals surface area contributed by atoms with Gasteiger partial charge < -0.3 is 14.9 Å². The van der Waals surface area contributed by atoms with Crippen molar-refractivity contribution < 1.29 is 14.9 Å². The Morgan fingerprint density at radius 3 is 3.08 bits per heavy atom. The van der Waals surface area contributed by atoms with Gasteiger partial charge >= 0.3 is 0 Å². The van der Waals surface area contributed by atoms with Crippen molar-refractivity contribution in [2.24, 2.45) is 0 Å². The molecule has 1 rings (SSSR count). The number of methoxy groups -OCH3 is 1. The van der Waals surface area contributed by atoms with Gasteiger partial charge in [-0.1, -0.05) is 5.21 Å². The van der Waals surface area contributed by atoms with Gasteiger partial charge in [0.2, 0.25) is 0 Å². The third kappa shape index (κ3) is 3.10. The SMILES string of the molecule is COCc1cn(CC(O)CO)nn1. The molecule has 0 aliphatic rings. The fourth-order valence-corrected chi connectivity index (χ4v) is 0.915. The maximum absolute atomic E-state index is 9.08. The Balaban J connectivity index is 2.48. The second kappa shape index (κ2) is 4.90. The Kier molecular flexibility index (Phi) is 3.81. The van der Waals surface area contributed by atoms with Gasteiger partial charge in [0, 0.05) is 7.11 Å². The number of aromatic nitrogens is 3. The van der Waals surface area contributed by atoms with Crippen molar-refractivity contribution >= 4 is 0 Å². The molecule has 0 amide bonds. The zero-order chi connectivity index (χ0) is 9.68. The molecule has 0 radical (unpaired) electrons. The third-order valence-electron chi connectivity index (χ3n) is 1.49. The van der Waals surface area contributed by atoms with Gasteiger partial charge in [-0.3, -0.25) is 0 Å². The van der Waals surface area contributed by atoms with Gasteiger partial charge in [-0.15, -0.1) is 5.10 Å². The quantitative estimate of drug-likeness (QED) is 0.603. The normalized spacial score (nSPS) is 13.2. The van der Waals surface area contributed by atoms with Gasteiger partial charge in [0.05, 0.1) is 32.1 Å². The highest BCUT2D eigenvalue weighted by atomic mass is 16.5. The maximum atomic E-state index is 9.08. The lowest BCUT2D eigenvalue weighted by molar-refractivity contribution is 0.0777. The summed E-state index contributed by atoms with van der Waals surface area (Å²) in [4.78, 5) is 0. The van der Waals surface area contributed by atoms with Crippen molar-refractivity contribution in [3.05, 3.63) is 11.9 Å². The van der Waals surface area contributed by atoms with Crippen molar-refractivity contribution in [3.63, 3.8) is 0 Å². The van der Waals surface area contributed by atoms with E-state index in [1.54, 1.807) is 13.3 Å². The number of ether oxygens (including phenoxy) is 1. The lowest BCUT2D eigenvalue weighted by atomic mass is 10.4. The fraction of sp³-hybridized carbons (Fsp3) is 0.714. The summed E-state index contributed by atoms with van der Waals surface area (Å²) in [5.41, 5.74) is 0.702. The summed E-state index contributed by atoms with van der Waals surface area (Å²) in [6.45, 7) is 0.363. The van der Waals surface area contributed by atoms with Crippen LogP contribution in [-0.2, 0) is 17.9 Å². The first-order chi connectivity index (χ1) is 6.26. The van der Waals surface area contributed by atoms with E-state index in [9.17, 15) is 0 Å². The first-order valence-corrected chi connectivity index (χ1v) is 3.93. The molecule has 74 valence electrons. The molecule has 1 aromatic heterocycles. The minimum atomic E-state index is -0.794. The van der Waals surface area contributed by atoms with Crippen LogP contribution in [0.25, 0.3) is 0 Å². The maximum Gasteiger partial charge on any atom is 0.108 e. The molecule has 0 saturated heterocycles. The van der Waals surface area contributed by atoms with Crippen molar-refractivity contribution in [2.45, 2.75) is 19.3 Å². The minimum absolute atomic E-state index is 0.243. The molecule has 0 aliphatic carbocycles. The lowest BCUT2D eigenvalue weighted by Crippen LogP contribution is -2.20. The van der Waals surface area contributed by atoms with Gasteiger partial charge in [0.1, 0.15) is 5.69 Å². The summed E-state index contributed by atoms with van der Waals surface area (Å²) < 4.78 is 6.31. The molecule has 0 aromatic carbocycles. The van der Waals surface area contributed by atoms with Crippen LogP contribution < -0.4 is 0 Å². The summed E-state index contributed by atoms with van der Waals surface area (Å²) in [5.74, 6) is 0. The van der Waals surface area contributed by atoms with Crippen LogP contribution in [0.4, 0.5) is 0 Å². The molecule has 1 aromatic rings. The second-order valence-electron chi connectivity index (χ2n) is 2.70. The van der Waals surface area contributed by atoms with Crippen molar-refractivity contribution in [3.8, 4) is 0 Å². The van der Waals surface area contributed by atoms with Crippen molar-refractivity contribution in [1.82, 2.24) is 15.0 Å². The molecule has 1 unspecified atom stereocenters. The molecule has 13 heavy (non-hydrogen) atoms. The predicted octanol–water partition coefficient (Wildman–Crippen LogP) is -1.22. The van der Waals surface area contributed by atoms with E-state index in [1.165, 1.54) is 4.68 Å². The molecule has 6 nitrogen and oxygen atoms in total. The Morgan fingerprint density at radius 2 is 2.46 bits per heavy atom. The summed E-state index contributed by atoms with van der Waals surface area (Å²) in [6, 6.07) is 0. The molecule has 1 heterocycles. The number of nitrogens with zero attached hydrogens (tertiary/aromatic N) is 3. The molecule has 1 atom stereocenters. The van der Waals surface area contributed by atoms with E-state index in [2.05, 4.69) is 10.3 Å². The Morgan fingerprint density at radius 1 is 1.69 bits per heavy atom. The topological polar surface area (TPSA) is 80.4 Å². The van der Waals surface area contributed by atoms with E-state index in [1.807, 2.05) is 0 Å². The molecule has 0 aliphatic heterocycles. The highest BCUT2D eigenvalue weighted by Crippen LogP contribution is 1.96. The minimum Gasteiger partial charge on any atom is -0.394 e. The van der Waals surface area contributed by atoms with Crippen LogP contribution >= 0.6 is 0 Å². The standard InChI is InChI=1S/C7H13N3O3/c1-13-5-6-2-10(9-8-6)3-7(12)4-11/h2,7,11-12H,3-5H2,1H3. The first-order valence-electron chi connectivity index (χ1n) is 3.93. The van der Waals surface area contributed by atoms with Gasteiger partial charge in [-0.05, 0) is 0 Å². The van der Waals surface area contributed by atoms with Crippen LogP contribution in [0.5, 0.6) is 0 Å². The molecule has 6 heteroatoms. The van der Waals surface area contributed by atoms with Crippen LogP contribution in [-0.4, -0.2) is 45.0 Å². The van der Waals surface area contributed by atoms with Gasteiger partial charge in [-0.25, -0.2) is 4.68 Å². The van der Waals surface area contributed by atoms with E-state index in [0.717, 1.165) is 0 Å². The first kappa shape index (κ1) is 10.1. The van der Waals surface area contributed by atoms with E-state index >= 15 is 0 Å². The molecule has 0 fully saturated rings. The van der Waals surface area contributed by atoms with Crippen LogP contribution in [0, 0.1) is 0 Å². The van der Waals surface area contributed by atoms with Crippen molar-refractivity contribution in [2.75, 3.05) is 13.7 Å². The van der Waals surface area contributed by atoms with E-state index in [4.69, 9.17) is 14.9 Å². The second-order valence-corrected chi connectivity index (χ2v) is 2.70. The Bertz CT molecular complexity index is 251. The Labute approximate surface area is 75.8 Å². The molecule has 2 N–H and O–H groups in total. The highest BCUT2D eigenvalue weighted by molar-refractivity contribution is 4.89. The zero-order valence-electron chi connectivity index (χ0n) is 7.42. The summed E-state index contributed by atoms with van der Waals surface area (Å²) >= 11 is 0. The smallest absolute Gasteiger partial charge is 0.108 e. The fourth-order valence-electron chi connectivity index (χ4n) is 0.915. The largest absolute Gasteiger partial charge is 0.394 e. The highest BCUT2D eigenvalue weighted by Gasteiger charge is 2.05. The lowest BCUT2D eigenvalue weighted by Gasteiger charge is -2.04. The third-order valence-corrected chi connectivity index (χ3v) is 1.49. The summed E-state index contributed by atoms with van der Waals surface area (Å²) in [6.07, 6.45) is 0.875. The number of hydrogen-bond acceptors (Lipinski definition) is 5. The van der Waals surface area contributed by atoms with E-state index < -0.39 is 6.10 Å². The van der Waals surface area contributed by atoms with Crippen LogP contribution in [0.3, 0.4) is 0 Å². The van der Waals surface area contributed by atoms with Gasteiger partial charge in [0.25, 0.3) is 0 Å². The zero-order valence-corrected chi connectivity index (χ0v) is 7.42. The average molecular weight is 187 g/mol. The molecular formula is C7H13N3O3. The molecule has 0 spiro atoms. The van der Waals surface area contributed by atoms with Crippen LogP contribution in [0.1, 0.15) is 5.69 Å². The molecule has 0 saturated carbocycles. The Hall–Kier alpha value is -0.980. The van der Waals surface area contributed by atoms with Crippen LogP contribution in [0.2, 0.25) is 0 Å². The molecule has 0 bridgehead atoms. The number of rotatable bonds is 5. The summed E-state index contributed by atoms with van der Waals surface area (Å²) in [5, 5.41) is 25.2. The van der Waals surface area contributed by atoms with E-state index in [-0.39, 0.29) is 13.2 Å². The predicted molar refractivity (Wildman–Crippen MR) is 43.8 cm³/mol. The average Bonchev–Trinajstić information content (AvgIpc) is 2.53. The molecular weight excluding hydrogens is 174 g/mol. The van der Waals surface area contributed by atoms with Crippen LogP contribution in [0.15, 0.2) is 6.20 Å². The van der Waals surface area contributed by atoms with E-state index in [0.29, 0.717) is 12.3 Å². The van der Waals surface area contributed by atoms with Gasteiger partial charge in [0.15, 0.2) is 0 Å². The summed E-state index contributed by atoms with van der Waals surface area (Å²) in [7, 11) is 1.57. The van der Waals surface area contributed by atoms with Crippen molar-refractivity contribution in [1.29, 1.82) is 0 Å². The number of aliphatic hydroxyl groups is 2. The number of aliphatic hydroxyl groups excluding tert-OH is 2. The number of hydrogen-bond donors (Lipinski definition) is 2.